The molecule has 98 valence electrons. The van der Waals surface area contributed by atoms with E-state index in [2.05, 4.69) is 20.9 Å². The van der Waals surface area contributed by atoms with Crippen molar-refractivity contribution in [2.24, 2.45) is 0 Å². The Labute approximate surface area is 115 Å². The number of rotatable bonds is 6. The Kier molecular flexibility index (Phi) is 6.43. The molecule has 18 heavy (non-hydrogen) atoms. The van der Waals surface area contributed by atoms with Crippen LogP contribution in [0.4, 0.5) is 0 Å². The largest absolute Gasteiger partial charge is 0.488 e. The molecule has 0 spiro atoms. The topological polar surface area (TPSA) is 48.4 Å². The molecule has 1 aromatic heterocycles. The molecule has 0 amide bonds. The molecular weight excluding hydrogens is 298 g/mol. The highest BCUT2D eigenvalue weighted by Crippen LogP contribution is 2.22. The number of pyridine rings is 1. The molecule has 0 aliphatic heterocycles. The maximum absolute atomic E-state index is 11.1. The van der Waals surface area contributed by atoms with E-state index in [1.807, 2.05) is 13.0 Å². The summed E-state index contributed by atoms with van der Waals surface area (Å²) in [5, 5.41) is 0. The number of carbonyl (C=O) groups excluding carboxylic acids is 1. The van der Waals surface area contributed by atoms with Crippen molar-refractivity contribution >= 4 is 21.9 Å². The third-order valence-electron chi connectivity index (χ3n) is 2.06. The van der Waals surface area contributed by atoms with E-state index in [4.69, 9.17) is 9.47 Å². The average Bonchev–Trinajstić information content (AvgIpc) is 2.32. The van der Waals surface area contributed by atoms with Crippen LogP contribution in [0, 0.1) is 0 Å². The molecule has 1 aromatic rings. The predicted octanol–water partition coefficient (Wildman–Crippen LogP) is 3.12. The summed E-state index contributed by atoms with van der Waals surface area (Å²) < 4.78 is 11.1. The van der Waals surface area contributed by atoms with Gasteiger partial charge in [0, 0.05) is 18.7 Å². The smallest absolute Gasteiger partial charge is 0.330 e. The Morgan fingerprint density at radius 3 is 3.06 bits per heavy atom. The van der Waals surface area contributed by atoms with Crippen molar-refractivity contribution in [2.75, 3.05) is 6.61 Å². The lowest BCUT2D eigenvalue weighted by Gasteiger charge is -2.13. The first-order valence-electron chi connectivity index (χ1n) is 5.74. The second kappa shape index (κ2) is 7.87. The lowest BCUT2D eigenvalue weighted by molar-refractivity contribution is -0.137. The third-order valence-corrected chi connectivity index (χ3v) is 2.66. The Morgan fingerprint density at radius 2 is 2.39 bits per heavy atom. The van der Waals surface area contributed by atoms with E-state index in [0.29, 0.717) is 23.4 Å². The summed E-state index contributed by atoms with van der Waals surface area (Å²) in [4.78, 5) is 15.1. The number of ether oxygens (including phenoxy) is 2. The lowest BCUT2D eigenvalue weighted by Crippen LogP contribution is -2.11. The van der Waals surface area contributed by atoms with Crippen LogP contribution < -0.4 is 4.74 Å². The van der Waals surface area contributed by atoms with Crippen molar-refractivity contribution in [1.29, 1.82) is 0 Å². The summed E-state index contributed by atoms with van der Waals surface area (Å²) in [7, 11) is 0. The van der Waals surface area contributed by atoms with Gasteiger partial charge in [-0.05, 0) is 41.9 Å². The van der Waals surface area contributed by atoms with Gasteiger partial charge in [0.1, 0.15) is 4.60 Å². The van der Waals surface area contributed by atoms with Gasteiger partial charge in [0.15, 0.2) is 5.75 Å². The lowest BCUT2D eigenvalue weighted by atomic mass is 10.2. The minimum Gasteiger partial charge on any atom is -0.488 e. The van der Waals surface area contributed by atoms with Crippen LogP contribution in [0.25, 0.3) is 0 Å². The standard InChI is InChI=1S/C13H16BrNO3/c1-3-17-12(16)8-4-6-10(2)18-11-7-5-9-15-13(11)14/h4-5,7-10H,3,6H2,1-2H3/b8-4+/t10-/m1/s1. The second-order valence-corrected chi connectivity index (χ2v) is 4.36. The van der Waals surface area contributed by atoms with Gasteiger partial charge in [-0.15, -0.1) is 0 Å². The van der Waals surface area contributed by atoms with Gasteiger partial charge in [0.05, 0.1) is 12.7 Å². The first kappa shape index (κ1) is 14.7. The summed E-state index contributed by atoms with van der Waals surface area (Å²) in [6, 6.07) is 3.64. The van der Waals surface area contributed by atoms with Crippen molar-refractivity contribution < 1.29 is 14.3 Å². The zero-order valence-electron chi connectivity index (χ0n) is 10.4. The Morgan fingerprint density at radius 1 is 1.61 bits per heavy atom. The predicted molar refractivity (Wildman–Crippen MR) is 72.4 cm³/mol. The maximum atomic E-state index is 11.1. The highest BCUT2D eigenvalue weighted by atomic mass is 79.9. The summed E-state index contributed by atoms with van der Waals surface area (Å²) in [5.74, 6) is 0.363. The SMILES string of the molecule is CCOC(=O)/C=C/C[C@@H](C)Oc1cccnc1Br. The van der Waals surface area contributed by atoms with Gasteiger partial charge >= 0.3 is 5.97 Å². The van der Waals surface area contributed by atoms with Gasteiger partial charge in [-0.1, -0.05) is 6.08 Å². The van der Waals surface area contributed by atoms with E-state index in [9.17, 15) is 4.79 Å². The molecule has 0 aromatic carbocycles. The van der Waals surface area contributed by atoms with Crippen LogP contribution in [0.5, 0.6) is 5.75 Å². The van der Waals surface area contributed by atoms with Crippen LogP contribution in [0.2, 0.25) is 0 Å². The monoisotopic (exact) mass is 313 g/mol. The minimum absolute atomic E-state index is 0.0452. The summed E-state index contributed by atoms with van der Waals surface area (Å²) >= 11 is 3.31. The van der Waals surface area contributed by atoms with E-state index in [1.54, 1.807) is 25.3 Å². The van der Waals surface area contributed by atoms with E-state index in [0.717, 1.165) is 0 Å². The fraction of sp³-hybridized carbons (Fsp3) is 0.385. The van der Waals surface area contributed by atoms with Gasteiger partial charge in [-0.2, -0.15) is 0 Å². The Hall–Kier alpha value is -1.36. The van der Waals surface area contributed by atoms with E-state index in [-0.39, 0.29) is 12.1 Å². The molecule has 0 aliphatic carbocycles. The van der Waals surface area contributed by atoms with Crippen LogP contribution in [0.1, 0.15) is 20.3 Å². The van der Waals surface area contributed by atoms with Crippen molar-refractivity contribution in [1.82, 2.24) is 4.98 Å². The third kappa shape index (κ3) is 5.31. The van der Waals surface area contributed by atoms with Crippen LogP contribution >= 0.6 is 15.9 Å². The van der Waals surface area contributed by atoms with Crippen LogP contribution in [-0.4, -0.2) is 23.7 Å². The molecule has 0 saturated carbocycles. The zero-order chi connectivity index (χ0) is 13.4. The van der Waals surface area contributed by atoms with Crippen molar-refractivity contribution in [3.8, 4) is 5.75 Å². The second-order valence-electron chi connectivity index (χ2n) is 3.61. The number of nitrogens with zero attached hydrogens (tertiary/aromatic N) is 1. The first-order valence-corrected chi connectivity index (χ1v) is 6.53. The molecule has 1 atom stereocenters. The molecule has 0 aliphatic rings. The number of halogens is 1. The summed E-state index contributed by atoms with van der Waals surface area (Å²) in [6.07, 6.45) is 5.42. The molecule has 0 fully saturated rings. The molecule has 1 rings (SSSR count). The normalized spacial score (nSPS) is 12.4. The summed E-state index contributed by atoms with van der Waals surface area (Å²) in [5.41, 5.74) is 0. The molecule has 5 heteroatoms. The van der Waals surface area contributed by atoms with E-state index >= 15 is 0 Å². The van der Waals surface area contributed by atoms with Gasteiger partial charge in [0.25, 0.3) is 0 Å². The minimum atomic E-state index is -0.327. The highest BCUT2D eigenvalue weighted by molar-refractivity contribution is 9.10. The highest BCUT2D eigenvalue weighted by Gasteiger charge is 2.06. The van der Waals surface area contributed by atoms with Gasteiger partial charge < -0.3 is 9.47 Å². The fourth-order valence-corrected chi connectivity index (χ4v) is 1.61. The maximum Gasteiger partial charge on any atom is 0.330 e. The van der Waals surface area contributed by atoms with Crippen molar-refractivity contribution in [2.45, 2.75) is 26.4 Å². The molecule has 0 unspecified atom stereocenters. The van der Waals surface area contributed by atoms with Crippen molar-refractivity contribution in [3.05, 3.63) is 35.1 Å². The quantitative estimate of drug-likeness (QED) is 0.460. The molecule has 0 saturated heterocycles. The molecule has 0 bridgehead atoms. The van der Waals surface area contributed by atoms with E-state index in [1.165, 1.54) is 6.08 Å². The zero-order valence-corrected chi connectivity index (χ0v) is 12.0. The number of aromatic nitrogens is 1. The van der Waals surface area contributed by atoms with Crippen LogP contribution in [0.15, 0.2) is 35.1 Å². The molecule has 1 heterocycles. The van der Waals surface area contributed by atoms with Gasteiger partial charge in [-0.25, -0.2) is 9.78 Å². The van der Waals surface area contributed by atoms with Crippen LogP contribution in [-0.2, 0) is 9.53 Å². The van der Waals surface area contributed by atoms with Crippen LogP contribution in [0.3, 0.4) is 0 Å². The Balaban J connectivity index is 2.40. The number of esters is 1. The Bertz CT molecular complexity index is 420. The van der Waals surface area contributed by atoms with Gasteiger partial charge in [0.2, 0.25) is 0 Å². The van der Waals surface area contributed by atoms with E-state index < -0.39 is 0 Å². The number of carbonyl (C=O) groups is 1. The van der Waals surface area contributed by atoms with Crippen molar-refractivity contribution in [3.63, 3.8) is 0 Å². The fourth-order valence-electron chi connectivity index (χ4n) is 1.27. The molecule has 4 nitrogen and oxygen atoms in total. The molecule has 0 radical (unpaired) electrons. The summed E-state index contributed by atoms with van der Waals surface area (Å²) in [6.45, 7) is 4.09. The number of hydrogen-bond acceptors (Lipinski definition) is 4. The molecule has 0 N–H and O–H groups in total. The number of hydrogen-bond donors (Lipinski definition) is 0. The first-order chi connectivity index (χ1) is 8.63. The average molecular weight is 314 g/mol. The molecular formula is C13H16BrNO3. The van der Waals surface area contributed by atoms with Gasteiger partial charge in [-0.3, -0.25) is 0 Å².